The van der Waals surface area contributed by atoms with Crippen LogP contribution in [0.15, 0.2) is 102 Å². The molecule has 7 nitrogen and oxygen atoms in total. The molecule has 0 aromatic heterocycles. The van der Waals surface area contributed by atoms with Gasteiger partial charge >= 0.3 is 0 Å². The number of ether oxygens (including phenoxy) is 2. The molecular weight excluding hydrogens is 728 g/mol. The molecule has 1 saturated heterocycles. The molecule has 5 aromatic carbocycles. The fourth-order valence-corrected chi connectivity index (χ4v) is 7.19. The van der Waals surface area contributed by atoms with E-state index in [1.54, 1.807) is 30.0 Å². The Hall–Kier alpha value is -5.08. The summed E-state index contributed by atoms with van der Waals surface area (Å²) in [7, 11) is 0. The van der Waals surface area contributed by atoms with Crippen LogP contribution in [0.25, 0.3) is 11.1 Å². The van der Waals surface area contributed by atoms with Crippen LogP contribution in [0.1, 0.15) is 58.9 Å². The second-order valence-corrected chi connectivity index (χ2v) is 13.9. The molecule has 4 atom stereocenters. The van der Waals surface area contributed by atoms with Gasteiger partial charge in [-0.1, -0.05) is 67.6 Å². The largest absolute Gasteiger partial charge is 0.392 e. The molecule has 6 rings (SSSR count). The average molecular weight is 763 g/mol. The summed E-state index contributed by atoms with van der Waals surface area (Å²) in [5, 5.41) is 14.6. The summed E-state index contributed by atoms with van der Waals surface area (Å²) in [6, 6.07) is 29.5. The van der Waals surface area contributed by atoms with Gasteiger partial charge in [0, 0.05) is 41.3 Å². The molecule has 280 valence electrons. The van der Waals surface area contributed by atoms with E-state index in [2.05, 4.69) is 17.6 Å². The van der Waals surface area contributed by atoms with Crippen LogP contribution in [0.4, 0.5) is 27.6 Å². The smallest absolute Gasteiger partial charge is 0.257 e. The van der Waals surface area contributed by atoms with Gasteiger partial charge in [-0.05, 0) is 64.2 Å². The standard InChI is InChI=1S/C41H35F5N2O5S/c1-22-32(21-54-31-15-13-30(14-16-31)48-23(2)50)52-41(53-39(22)26-11-9-24(20-49)10-12-26)29-8-4-7-28(18-29)27-6-3-5-25(17-27)19-47-40(51)33-34(42)36(44)38(46)37(45)35(33)43/h3-18,22,32,39,41,49H,19-21H2,1-2H3,(H,47,51)(H,48,50). The number of halogens is 5. The highest BCUT2D eigenvalue weighted by Gasteiger charge is 2.38. The number of benzene rings is 5. The van der Waals surface area contributed by atoms with Crippen molar-refractivity contribution in [1.82, 2.24) is 5.32 Å². The Morgan fingerprint density at radius 2 is 1.37 bits per heavy atom. The van der Waals surface area contributed by atoms with Crippen molar-refractivity contribution in [3.8, 4) is 11.1 Å². The molecule has 0 aliphatic carbocycles. The molecule has 1 fully saturated rings. The summed E-state index contributed by atoms with van der Waals surface area (Å²) < 4.78 is 82.5. The van der Waals surface area contributed by atoms with Crippen molar-refractivity contribution in [3.05, 3.63) is 154 Å². The lowest BCUT2D eigenvalue weighted by Gasteiger charge is -2.41. The lowest BCUT2D eigenvalue weighted by molar-refractivity contribution is -0.268. The van der Waals surface area contributed by atoms with Gasteiger partial charge in [-0.3, -0.25) is 9.59 Å². The lowest BCUT2D eigenvalue weighted by Crippen LogP contribution is -2.38. The monoisotopic (exact) mass is 762 g/mol. The van der Waals surface area contributed by atoms with Crippen molar-refractivity contribution < 1.29 is 46.1 Å². The first-order chi connectivity index (χ1) is 25.9. The van der Waals surface area contributed by atoms with Crippen molar-refractivity contribution in [2.24, 2.45) is 5.92 Å². The van der Waals surface area contributed by atoms with Crippen LogP contribution in [-0.4, -0.2) is 28.8 Å². The van der Waals surface area contributed by atoms with Gasteiger partial charge in [0.1, 0.15) is 5.56 Å². The molecule has 54 heavy (non-hydrogen) atoms. The molecule has 1 heterocycles. The van der Waals surface area contributed by atoms with Crippen LogP contribution in [0, 0.1) is 35.0 Å². The van der Waals surface area contributed by atoms with Gasteiger partial charge in [-0.2, -0.15) is 0 Å². The number of hydrogen-bond acceptors (Lipinski definition) is 6. The molecule has 0 radical (unpaired) electrons. The third-order valence-corrected chi connectivity index (χ3v) is 10.1. The first-order valence-electron chi connectivity index (χ1n) is 16.9. The number of thioether (sulfide) groups is 1. The summed E-state index contributed by atoms with van der Waals surface area (Å²) in [4.78, 5) is 25.0. The Labute approximate surface area is 312 Å². The molecule has 3 N–H and O–H groups in total. The van der Waals surface area contributed by atoms with E-state index in [0.717, 1.165) is 32.7 Å². The number of aliphatic hydroxyl groups is 1. The van der Waals surface area contributed by atoms with Gasteiger partial charge in [0.2, 0.25) is 11.7 Å². The van der Waals surface area contributed by atoms with Crippen LogP contribution >= 0.6 is 11.8 Å². The quantitative estimate of drug-likeness (QED) is 0.0538. The molecule has 5 aromatic rings. The van der Waals surface area contributed by atoms with E-state index < -0.39 is 46.8 Å². The van der Waals surface area contributed by atoms with E-state index in [4.69, 9.17) is 9.47 Å². The Morgan fingerprint density at radius 1 is 0.741 bits per heavy atom. The number of carbonyl (C=O) groups is 2. The van der Waals surface area contributed by atoms with Gasteiger partial charge in [-0.25, -0.2) is 22.0 Å². The molecule has 1 aliphatic heterocycles. The second-order valence-electron chi connectivity index (χ2n) is 12.8. The normalized spacial score (nSPS) is 18.3. The topological polar surface area (TPSA) is 96.9 Å². The van der Waals surface area contributed by atoms with E-state index in [9.17, 15) is 36.6 Å². The van der Waals surface area contributed by atoms with Crippen molar-refractivity contribution in [1.29, 1.82) is 0 Å². The van der Waals surface area contributed by atoms with Crippen molar-refractivity contribution >= 4 is 29.3 Å². The highest BCUT2D eigenvalue weighted by Crippen LogP contribution is 2.43. The van der Waals surface area contributed by atoms with Gasteiger partial charge < -0.3 is 25.2 Å². The number of aliphatic hydroxyl groups excluding tert-OH is 1. The predicted octanol–water partition coefficient (Wildman–Crippen LogP) is 9.01. The third-order valence-electron chi connectivity index (χ3n) is 9.02. The van der Waals surface area contributed by atoms with Gasteiger partial charge in [-0.15, -0.1) is 11.8 Å². The summed E-state index contributed by atoms with van der Waals surface area (Å²) in [6.45, 7) is 3.18. The van der Waals surface area contributed by atoms with E-state index in [1.165, 1.54) is 6.92 Å². The Morgan fingerprint density at radius 3 is 2.02 bits per heavy atom. The molecule has 0 bridgehead atoms. The highest BCUT2D eigenvalue weighted by atomic mass is 32.2. The van der Waals surface area contributed by atoms with E-state index >= 15 is 0 Å². The minimum absolute atomic E-state index is 0.0627. The Kier molecular flexibility index (Phi) is 12.1. The fraction of sp³-hybridized carbons (Fsp3) is 0.220. The van der Waals surface area contributed by atoms with Gasteiger partial charge in [0.05, 0.1) is 18.8 Å². The Bertz CT molecular complexity index is 2120. The molecular formula is C41H35F5N2O5S. The van der Waals surface area contributed by atoms with E-state index in [1.807, 2.05) is 78.9 Å². The van der Waals surface area contributed by atoms with E-state index in [-0.39, 0.29) is 37.2 Å². The number of hydrogen-bond donors (Lipinski definition) is 3. The number of rotatable bonds is 11. The number of nitrogens with one attached hydrogen (secondary N) is 2. The molecule has 0 spiro atoms. The maximum absolute atomic E-state index is 14.2. The zero-order chi connectivity index (χ0) is 38.5. The maximum Gasteiger partial charge on any atom is 0.257 e. The first kappa shape index (κ1) is 38.6. The van der Waals surface area contributed by atoms with Crippen LogP contribution in [-0.2, 0) is 27.4 Å². The summed E-state index contributed by atoms with van der Waals surface area (Å²) in [5.74, 6) is -12.2. The fourth-order valence-electron chi connectivity index (χ4n) is 6.13. The van der Waals surface area contributed by atoms with Gasteiger partial charge in [0.25, 0.3) is 5.91 Å². The second kappa shape index (κ2) is 16.9. The van der Waals surface area contributed by atoms with Crippen molar-refractivity contribution in [3.63, 3.8) is 0 Å². The predicted molar refractivity (Wildman–Crippen MR) is 194 cm³/mol. The van der Waals surface area contributed by atoms with Gasteiger partial charge in [0.15, 0.2) is 29.6 Å². The maximum atomic E-state index is 14.2. The first-order valence-corrected chi connectivity index (χ1v) is 17.9. The zero-order valence-electron chi connectivity index (χ0n) is 29.0. The average Bonchev–Trinajstić information content (AvgIpc) is 3.18. The summed E-state index contributed by atoms with van der Waals surface area (Å²) in [6.07, 6.45) is -1.36. The van der Waals surface area contributed by atoms with Crippen LogP contribution in [0.3, 0.4) is 0 Å². The molecule has 4 unspecified atom stereocenters. The summed E-state index contributed by atoms with van der Waals surface area (Å²) >= 11 is 1.62. The zero-order valence-corrected chi connectivity index (χ0v) is 29.9. The van der Waals surface area contributed by atoms with E-state index in [0.29, 0.717) is 17.0 Å². The molecule has 13 heteroatoms. The minimum Gasteiger partial charge on any atom is -0.392 e. The number of carbonyl (C=O) groups excluding carboxylic acids is 2. The van der Waals surface area contributed by atoms with Crippen molar-refractivity contribution in [2.75, 3.05) is 11.1 Å². The molecule has 0 saturated carbocycles. The molecule has 2 amide bonds. The van der Waals surface area contributed by atoms with Crippen LogP contribution < -0.4 is 10.6 Å². The lowest BCUT2D eigenvalue weighted by atomic mass is 9.91. The highest BCUT2D eigenvalue weighted by molar-refractivity contribution is 7.99. The van der Waals surface area contributed by atoms with Crippen LogP contribution in [0.5, 0.6) is 0 Å². The third kappa shape index (κ3) is 8.65. The molecule has 1 aliphatic rings. The van der Waals surface area contributed by atoms with Crippen molar-refractivity contribution in [2.45, 2.75) is 50.4 Å². The SMILES string of the molecule is CC(=O)Nc1ccc(SCC2OC(c3cccc(-c4cccc(CNC(=O)c5c(F)c(F)c(F)c(F)c5F)c4)c3)OC(c3ccc(CO)cc3)C2C)cc1. The minimum atomic E-state index is -2.34. The Balaban J connectivity index is 1.21. The summed E-state index contributed by atoms with van der Waals surface area (Å²) in [5.41, 5.74) is 3.56. The van der Waals surface area contributed by atoms with Crippen LogP contribution in [0.2, 0.25) is 0 Å². The number of anilines is 1. The number of amides is 2.